The molecule has 0 spiro atoms. The highest BCUT2D eigenvalue weighted by atomic mass is 35.5. The Balaban J connectivity index is 2.36. The summed E-state index contributed by atoms with van der Waals surface area (Å²) >= 11 is 5.74. The first-order chi connectivity index (χ1) is 12.1. The van der Waals surface area contributed by atoms with Crippen molar-refractivity contribution in [1.82, 2.24) is 0 Å². The number of alkyl halides is 1. The van der Waals surface area contributed by atoms with E-state index in [9.17, 15) is 10.1 Å². The molecular weight excluding hydrogens is 336 g/mol. The van der Waals surface area contributed by atoms with Crippen LogP contribution < -0.4 is 9.64 Å². The van der Waals surface area contributed by atoms with Gasteiger partial charge in [-0.2, -0.15) is 5.26 Å². The van der Waals surface area contributed by atoms with Crippen LogP contribution in [0.2, 0.25) is 0 Å². The van der Waals surface area contributed by atoms with Crippen LogP contribution in [0.15, 0.2) is 54.6 Å². The maximum absolute atomic E-state index is 12.6. The number of ether oxygens (including phenoxy) is 1. The van der Waals surface area contributed by atoms with Crippen molar-refractivity contribution in [2.75, 3.05) is 10.8 Å². The first-order valence-electron chi connectivity index (χ1n) is 8.16. The zero-order chi connectivity index (χ0) is 18.2. The third-order valence-corrected chi connectivity index (χ3v) is 3.75. The third-order valence-electron chi connectivity index (χ3n) is 3.56. The second-order valence-corrected chi connectivity index (χ2v) is 6.18. The summed E-state index contributed by atoms with van der Waals surface area (Å²) in [5.41, 5.74) is 1.40. The van der Waals surface area contributed by atoms with E-state index < -0.39 is 6.04 Å². The molecule has 0 N–H and O–H groups in total. The van der Waals surface area contributed by atoms with Crippen LogP contribution in [0.1, 0.15) is 31.9 Å². The van der Waals surface area contributed by atoms with Crippen LogP contribution in [0.5, 0.6) is 5.75 Å². The molecule has 0 aromatic heterocycles. The highest BCUT2D eigenvalue weighted by Gasteiger charge is 2.26. The maximum atomic E-state index is 12.6. The fourth-order valence-electron chi connectivity index (χ4n) is 2.51. The zero-order valence-electron chi connectivity index (χ0n) is 14.4. The van der Waals surface area contributed by atoms with E-state index in [1.807, 2.05) is 68.4 Å². The summed E-state index contributed by atoms with van der Waals surface area (Å²) < 4.78 is 5.63. The Labute approximate surface area is 153 Å². The van der Waals surface area contributed by atoms with Crippen molar-refractivity contribution in [2.45, 2.75) is 32.4 Å². The number of benzene rings is 2. The average Bonchev–Trinajstić information content (AvgIpc) is 2.61. The molecule has 0 radical (unpaired) electrons. The highest BCUT2D eigenvalue weighted by molar-refractivity contribution is 6.19. The number of nitriles is 1. The van der Waals surface area contributed by atoms with Gasteiger partial charge in [0.1, 0.15) is 11.8 Å². The van der Waals surface area contributed by atoms with Gasteiger partial charge in [-0.15, -0.1) is 11.6 Å². The molecule has 0 aliphatic carbocycles. The van der Waals surface area contributed by atoms with E-state index >= 15 is 0 Å². The normalized spacial score (nSPS) is 11.6. The van der Waals surface area contributed by atoms with Crippen molar-refractivity contribution in [3.63, 3.8) is 0 Å². The van der Waals surface area contributed by atoms with Crippen LogP contribution in [-0.4, -0.2) is 17.9 Å². The fourth-order valence-corrected chi connectivity index (χ4v) is 2.67. The number of rotatable bonds is 7. The molecule has 0 unspecified atom stereocenters. The molecule has 0 saturated heterocycles. The Morgan fingerprint density at radius 3 is 2.32 bits per heavy atom. The summed E-state index contributed by atoms with van der Waals surface area (Å²) in [5.74, 6) is 0.755. The molecule has 0 saturated carbocycles. The molecule has 2 rings (SSSR count). The van der Waals surface area contributed by atoms with E-state index in [1.165, 1.54) is 4.90 Å². The van der Waals surface area contributed by atoms with Gasteiger partial charge in [0.15, 0.2) is 0 Å². The van der Waals surface area contributed by atoms with Gasteiger partial charge in [-0.1, -0.05) is 30.3 Å². The lowest BCUT2D eigenvalue weighted by molar-refractivity contribution is -0.118. The highest BCUT2D eigenvalue weighted by Crippen LogP contribution is 2.29. The number of hydrogen-bond donors (Lipinski definition) is 0. The van der Waals surface area contributed by atoms with Gasteiger partial charge in [0.05, 0.1) is 12.2 Å². The molecule has 25 heavy (non-hydrogen) atoms. The molecule has 0 aliphatic rings. The first-order valence-corrected chi connectivity index (χ1v) is 8.69. The lowest BCUT2D eigenvalue weighted by Crippen LogP contribution is -2.34. The summed E-state index contributed by atoms with van der Waals surface area (Å²) in [5, 5.41) is 9.73. The molecule has 0 bridgehead atoms. The third kappa shape index (κ3) is 4.98. The van der Waals surface area contributed by atoms with Gasteiger partial charge in [-0.3, -0.25) is 9.69 Å². The summed E-state index contributed by atoms with van der Waals surface area (Å²) in [6.45, 7) is 3.90. The van der Waals surface area contributed by atoms with E-state index in [4.69, 9.17) is 16.3 Å². The van der Waals surface area contributed by atoms with Crippen molar-refractivity contribution < 1.29 is 9.53 Å². The van der Waals surface area contributed by atoms with Crippen LogP contribution in [-0.2, 0) is 4.79 Å². The van der Waals surface area contributed by atoms with Crippen molar-refractivity contribution in [3.05, 3.63) is 60.2 Å². The van der Waals surface area contributed by atoms with E-state index in [0.717, 1.165) is 11.3 Å². The molecule has 2 aromatic rings. The SMILES string of the molecule is CC(C)Oc1ccc([C@H](C#N)N(C(=O)CCCl)c2ccccc2)cc1. The fraction of sp³-hybridized carbons (Fsp3) is 0.300. The molecule has 1 amide bonds. The molecule has 2 aromatic carbocycles. The van der Waals surface area contributed by atoms with Crippen LogP contribution in [0, 0.1) is 11.3 Å². The topological polar surface area (TPSA) is 53.3 Å². The lowest BCUT2D eigenvalue weighted by atomic mass is 10.0. The number of carbonyl (C=O) groups excluding carboxylic acids is 1. The number of hydrogen-bond acceptors (Lipinski definition) is 3. The van der Waals surface area contributed by atoms with E-state index in [-0.39, 0.29) is 24.3 Å². The number of carbonyl (C=O) groups is 1. The zero-order valence-corrected chi connectivity index (χ0v) is 15.1. The number of para-hydroxylation sites is 1. The number of halogens is 1. The van der Waals surface area contributed by atoms with E-state index in [2.05, 4.69) is 6.07 Å². The second kappa shape index (κ2) is 9.10. The van der Waals surface area contributed by atoms with E-state index in [1.54, 1.807) is 0 Å². The smallest absolute Gasteiger partial charge is 0.229 e. The van der Waals surface area contributed by atoms with Gasteiger partial charge in [0, 0.05) is 18.0 Å². The summed E-state index contributed by atoms with van der Waals surface area (Å²) in [6.07, 6.45) is 0.243. The Kier molecular flexibility index (Phi) is 6.85. The van der Waals surface area contributed by atoms with Gasteiger partial charge in [-0.25, -0.2) is 0 Å². The predicted molar refractivity (Wildman–Crippen MR) is 99.8 cm³/mol. The Hall–Kier alpha value is -2.51. The quantitative estimate of drug-likeness (QED) is 0.675. The van der Waals surface area contributed by atoms with Crippen molar-refractivity contribution >= 4 is 23.2 Å². The minimum Gasteiger partial charge on any atom is -0.491 e. The van der Waals surface area contributed by atoms with Crippen molar-refractivity contribution in [3.8, 4) is 11.8 Å². The molecular formula is C20H21ClN2O2. The minimum absolute atomic E-state index is 0.0729. The van der Waals surface area contributed by atoms with Gasteiger partial charge in [0.25, 0.3) is 0 Å². The molecule has 0 fully saturated rings. The van der Waals surface area contributed by atoms with Gasteiger partial charge >= 0.3 is 0 Å². The van der Waals surface area contributed by atoms with E-state index in [0.29, 0.717) is 5.69 Å². The largest absolute Gasteiger partial charge is 0.491 e. The van der Waals surface area contributed by atoms with Crippen LogP contribution >= 0.6 is 11.6 Å². The summed E-state index contributed by atoms with van der Waals surface area (Å²) in [6, 6.07) is 17.9. The number of anilines is 1. The van der Waals surface area contributed by atoms with Gasteiger partial charge in [0.2, 0.25) is 5.91 Å². The first kappa shape index (κ1) is 18.8. The Bertz CT molecular complexity index is 724. The monoisotopic (exact) mass is 356 g/mol. The van der Waals surface area contributed by atoms with Crippen LogP contribution in [0.3, 0.4) is 0 Å². The van der Waals surface area contributed by atoms with Crippen molar-refractivity contribution in [1.29, 1.82) is 5.26 Å². The Morgan fingerprint density at radius 2 is 1.80 bits per heavy atom. The second-order valence-electron chi connectivity index (χ2n) is 5.81. The average molecular weight is 357 g/mol. The van der Waals surface area contributed by atoms with Crippen LogP contribution in [0.25, 0.3) is 0 Å². The number of amides is 1. The molecule has 4 nitrogen and oxygen atoms in total. The van der Waals surface area contributed by atoms with Crippen LogP contribution in [0.4, 0.5) is 5.69 Å². The lowest BCUT2D eigenvalue weighted by Gasteiger charge is -2.28. The molecule has 1 atom stereocenters. The predicted octanol–water partition coefficient (Wildman–Crippen LogP) is 4.70. The maximum Gasteiger partial charge on any atom is 0.229 e. The molecule has 0 aliphatic heterocycles. The van der Waals surface area contributed by atoms with Gasteiger partial charge < -0.3 is 4.74 Å². The van der Waals surface area contributed by atoms with Crippen molar-refractivity contribution in [2.24, 2.45) is 0 Å². The number of nitrogens with zero attached hydrogens (tertiary/aromatic N) is 2. The Morgan fingerprint density at radius 1 is 1.16 bits per heavy atom. The summed E-state index contributed by atoms with van der Waals surface area (Å²) in [7, 11) is 0. The standard InChI is InChI=1S/C20H21ClN2O2/c1-15(2)25-18-10-8-16(9-11-18)19(14-22)23(20(24)12-13-21)17-6-4-3-5-7-17/h3-11,15,19H,12-13H2,1-2H3/t19-/m0/s1. The molecule has 130 valence electrons. The summed E-state index contributed by atoms with van der Waals surface area (Å²) in [4.78, 5) is 14.1. The minimum atomic E-state index is -0.730. The van der Waals surface area contributed by atoms with Gasteiger partial charge in [-0.05, 0) is 43.7 Å². The molecule has 5 heteroatoms. The molecule has 0 heterocycles.